The molecule has 2 saturated heterocycles. The van der Waals surface area contributed by atoms with Gasteiger partial charge >= 0.3 is 6.09 Å². The third kappa shape index (κ3) is 4.13. The lowest BCUT2D eigenvalue weighted by Gasteiger charge is -2.18. The van der Waals surface area contributed by atoms with E-state index >= 15 is 0 Å². The maximum atomic E-state index is 12.3. The first-order valence-corrected chi connectivity index (χ1v) is 9.51. The summed E-state index contributed by atoms with van der Waals surface area (Å²) in [4.78, 5) is 35.8. The quantitative estimate of drug-likeness (QED) is 0.897. The number of amides is 1. The van der Waals surface area contributed by atoms with Crippen molar-refractivity contribution in [1.29, 1.82) is 0 Å². The molecule has 2 fully saturated rings. The molecule has 27 heavy (non-hydrogen) atoms. The molecule has 1 aromatic carbocycles. The molecule has 7 nitrogen and oxygen atoms in total. The minimum atomic E-state index is -0.314. The maximum absolute atomic E-state index is 12.3. The standard InChI is InChI=1S/C20H24N4O3/c25-18-12-17(21-19(22-18)23-9-4-5-10-23)16-8-11-24(13-16)20(26)27-14-15-6-2-1-3-7-15/h1-3,6-7,12,16H,4-5,8-11,13-14H2,(H,21,22,25). The summed E-state index contributed by atoms with van der Waals surface area (Å²) in [5.74, 6) is 0.720. The van der Waals surface area contributed by atoms with E-state index in [2.05, 4.69) is 14.9 Å². The van der Waals surface area contributed by atoms with Gasteiger partial charge in [0.2, 0.25) is 5.95 Å². The van der Waals surface area contributed by atoms with Gasteiger partial charge in [-0.2, -0.15) is 0 Å². The van der Waals surface area contributed by atoms with E-state index in [1.54, 1.807) is 11.0 Å². The fraction of sp³-hybridized carbons (Fsp3) is 0.450. The van der Waals surface area contributed by atoms with Gasteiger partial charge in [0.15, 0.2) is 0 Å². The monoisotopic (exact) mass is 368 g/mol. The number of carbonyl (C=O) groups excluding carboxylic acids is 1. The van der Waals surface area contributed by atoms with Gasteiger partial charge in [-0.05, 0) is 24.8 Å². The molecule has 3 heterocycles. The van der Waals surface area contributed by atoms with E-state index in [9.17, 15) is 9.59 Å². The average Bonchev–Trinajstić information content (AvgIpc) is 3.38. The van der Waals surface area contributed by atoms with E-state index in [1.165, 1.54) is 0 Å². The number of rotatable bonds is 4. The number of aromatic nitrogens is 2. The van der Waals surface area contributed by atoms with Gasteiger partial charge in [0.25, 0.3) is 5.56 Å². The van der Waals surface area contributed by atoms with Gasteiger partial charge in [0.1, 0.15) is 6.61 Å². The Hall–Kier alpha value is -2.83. The van der Waals surface area contributed by atoms with E-state index in [4.69, 9.17) is 4.74 Å². The first-order chi connectivity index (χ1) is 13.2. The normalized spacial score (nSPS) is 19.5. The van der Waals surface area contributed by atoms with E-state index in [0.29, 0.717) is 19.0 Å². The molecule has 0 spiro atoms. The second-order valence-corrected chi connectivity index (χ2v) is 7.16. The van der Waals surface area contributed by atoms with Gasteiger partial charge in [0, 0.05) is 38.2 Å². The van der Waals surface area contributed by atoms with Crippen molar-refractivity contribution in [1.82, 2.24) is 14.9 Å². The molecule has 0 aliphatic carbocycles. The molecule has 0 bridgehead atoms. The van der Waals surface area contributed by atoms with Crippen molar-refractivity contribution in [2.24, 2.45) is 0 Å². The number of nitrogens with one attached hydrogen (secondary N) is 1. The van der Waals surface area contributed by atoms with Crippen molar-refractivity contribution in [3.63, 3.8) is 0 Å². The molecule has 4 rings (SSSR count). The molecule has 142 valence electrons. The summed E-state index contributed by atoms with van der Waals surface area (Å²) in [6.07, 6.45) is 2.72. The molecular formula is C20H24N4O3. The molecule has 1 N–H and O–H groups in total. The highest BCUT2D eigenvalue weighted by molar-refractivity contribution is 5.68. The smallest absolute Gasteiger partial charge is 0.410 e. The van der Waals surface area contributed by atoms with Crippen LogP contribution in [0.5, 0.6) is 0 Å². The van der Waals surface area contributed by atoms with Crippen LogP contribution in [0.15, 0.2) is 41.2 Å². The van der Waals surface area contributed by atoms with Crippen molar-refractivity contribution >= 4 is 12.0 Å². The van der Waals surface area contributed by atoms with Crippen LogP contribution in [0.2, 0.25) is 0 Å². The number of benzene rings is 1. The second-order valence-electron chi connectivity index (χ2n) is 7.16. The van der Waals surface area contributed by atoms with Gasteiger partial charge in [-0.15, -0.1) is 0 Å². The summed E-state index contributed by atoms with van der Waals surface area (Å²) < 4.78 is 5.42. The number of carbonyl (C=O) groups is 1. The van der Waals surface area contributed by atoms with Gasteiger partial charge in [-0.1, -0.05) is 30.3 Å². The Kier molecular flexibility index (Phi) is 5.09. The third-order valence-corrected chi connectivity index (χ3v) is 5.22. The van der Waals surface area contributed by atoms with E-state index in [0.717, 1.165) is 43.6 Å². The molecule has 2 aliphatic heterocycles. The molecule has 2 aromatic rings. The summed E-state index contributed by atoms with van der Waals surface area (Å²) in [6, 6.07) is 11.2. The summed E-state index contributed by atoms with van der Waals surface area (Å²) in [5, 5.41) is 0. The van der Waals surface area contributed by atoms with Crippen LogP contribution < -0.4 is 10.5 Å². The maximum Gasteiger partial charge on any atom is 0.410 e. The van der Waals surface area contributed by atoms with Crippen molar-refractivity contribution in [3.05, 3.63) is 58.0 Å². The SMILES string of the molecule is O=C(OCc1ccccc1)N1CCC(c2cc(=O)[nH]c(N3CCCC3)n2)C1. The fourth-order valence-electron chi connectivity index (χ4n) is 3.73. The van der Waals surface area contributed by atoms with E-state index in [-0.39, 0.29) is 24.2 Å². The summed E-state index contributed by atoms with van der Waals surface area (Å²) in [5.41, 5.74) is 1.60. The number of hydrogen-bond donors (Lipinski definition) is 1. The average molecular weight is 368 g/mol. The van der Waals surface area contributed by atoms with Gasteiger partial charge in [0.05, 0.1) is 5.69 Å². The molecular weight excluding hydrogens is 344 g/mol. The van der Waals surface area contributed by atoms with Crippen LogP contribution in [0.3, 0.4) is 0 Å². The highest BCUT2D eigenvalue weighted by atomic mass is 16.6. The number of aromatic amines is 1. The summed E-state index contributed by atoms with van der Waals surface area (Å²) in [7, 11) is 0. The van der Waals surface area contributed by atoms with E-state index < -0.39 is 0 Å². The molecule has 7 heteroatoms. The van der Waals surface area contributed by atoms with Crippen LogP contribution in [0.1, 0.15) is 36.4 Å². The lowest BCUT2D eigenvalue weighted by Crippen LogP contribution is -2.29. The topological polar surface area (TPSA) is 78.5 Å². The first kappa shape index (κ1) is 17.6. The number of hydrogen-bond acceptors (Lipinski definition) is 5. The molecule has 1 unspecified atom stereocenters. The second kappa shape index (κ2) is 7.82. The number of nitrogens with zero attached hydrogens (tertiary/aromatic N) is 3. The zero-order valence-corrected chi connectivity index (χ0v) is 15.3. The van der Waals surface area contributed by atoms with Crippen LogP contribution in [0.4, 0.5) is 10.7 Å². The van der Waals surface area contributed by atoms with Crippen molar-refractivity contribution in [2.75, 3.05) is 31.1 Å². The fourth-order valence-corrected chi connectivity index (χ4v) is 3.73. The minimum absolute atomic E-state index is 0.0675. The van der Waals surface area contributed by atoms with Crippen LogP contribution in [-0.2, 0) is 11.3 Å². The highest BCUT2D eigenvalue weighted by Gasteiger charge is 2.30. The molecule has 1 atom stereocenters. The number of ether oxygens (including phenoxy) is 1. The van der Waals surface area contributed by atoms with Crippen LogP contribution >= 0.6 is 0 Å². The lowest BCUT2D eigenvalue weighted by molar-refractivity contribution is 0.104. The van der Waals surface area contributed by atoms with Crippen LogP contribution in [0.25, 0.3) is 0 Å². The molecule has 0 radical (unpaired) electrons. The molecule has 1 aromatic heterocycles. The summed E-state index contributed by atoms with van der Waals surface area (Å²) in [6.45, 7) is 3.27. The molecule has 0 saturated carbocycles. The third-order valence-electron chi connectivity index (χ3n) is 5.22. The first-order valence-electron chi connectivity index (χ1n) is 9.51. The molecule has 1 amide bonds. The number of H-pyrrole nitrogens is 1. The zero-order chi connectivity index (χ0) is 18.6. The Balaban J connectivity index is 1.39. The van der Waals surface area contributed by atoms with Crippen LogP contribution in [0, 0.1) is 0 Å². The lowest BCUT2D eigenvalue weighted by atomic mass is 10.1. The Morgan fingerprint density at radius 3 is 2.74 bits per heavy atom. The molecule has 2 aliphatic rings. The Morgan fingerprint density at radius 1 is 1.19 bits per heavy atom. The minimum Gasteiger partial charge on any atom is -0.445 e. The van der Waals surface area contributed by atoms with Gasteiger partial charge < -0.3 is 14.5 Å². The van der Waals surface area contributed by atoms with Gasteiger partial charge in [-0.25, -0.2) is 9.78 Å². The number of likely N-dealkylation sites (tertiary alicyclic amines) is 1. The van der Waals surface area contributed by atoms with Crippen molar-refractivity contribution in [2.45, 2.75) is 31.8 Å². The predicted molar refractivity (Wildman–Crippen MR) is 102 cm³/mol. The highest BCUT2D eigenvalue weighted by Crippen LogP contribution is 2.27. The van der Waals surface area contributed by atoms with Crippen molar-refractivity contribution in [3.8, 4) is 0 Å². The Labute approximate surface area is 158 Å². The number of anilines is 1. The Morgan fingerprint density at radius 2 is 1.96 bits per heavy atom. The summed E-state index contributed by atoms with van der Waals surface area (Å²) >= 11 is 0. The largest absolute Gasteiger partial charge is 0.445 e. The predicted octanol–water partition coefficient (Wildman–Crippen LogP) is 2.50. The van der Waals surface area contributed by atoms with Gasteiger partial charge in [-0.3, -0.25) is 9.78 Å². The van der Waals surface area contributed by atoms with Crippen LogP contribution in [-0.4, -0.2) is 47.1 Å². The zero-order valence-electron chi connectivity index (χ0n) is 15.3. The van der Waals surface area contributed by atoms with Crippen molar-refractivity contribution < 1.29 is 9.53 Å². The van der Waals surface area contributed by atoms with E-state index in [1.807, 2.05) is 30.3 Å². The Bertz CT molecular complexity index is 846.